The van der Waals surface area contributed by atoms with Crippen molar-refractivity contribution in [1.29, 1.82) is 0 Å². The Morgan fingerprint density at radius 3 is 2.71 bits per heavy atom. The molecule has 158 valence electrons. The van der Waals surface area contributed by atoms with Crippen molar-refractivity contribution < 1.29 is 14.3 Å². The van der Waals surface area contributed by atoms with E-state index in [9.17, 15) is 9.59 Å². The second-order valence-corrected chi connectivity index (χ2v) is 8.75. The highest BCUT2D eigenvalue weighted by molar-refractivity contribution is 7.11. The number of hydrogen-bond donors (Lipinski definition) is 0. The van der Waals surface area contributed by atoms with Crippen LogP contribution in [0.3, 0.4) is 0 Å². The zero-order valence-electron chi connectivity index (χ0n) is 17.0. The van der Waals surface area contributed by atoms with Crippen LogP contribution in [0.4, 0.5) is 0 Å². The maximum absolute atomic E-state index is 13.4. The van der Waals surface area contributed by atoms with Gasteiger partial charge in [-0.25, -0.2) is 9.79 Å². The lowest BCUT2D eigenvalue weighted by Gasteiger charge is -2.24. The van der Waals surface area contributed by atoms with Crippen LogP contribution in [-0.2, 0) is 9.53 Å². The van der Waals surface area contributed by atoms with Gasteiger partial charge in [0, 0.05) is 4.88 Å². The Bertz CT molecular complexity index is 1330. The maximum atomic E-state index is 13.4. The predicted octanol–water partition coefficient (Wildman–Crippen LogP) is 3.03. The number of methoxy groups -OCH3 is 1. The summed E-state index contributed by atoms with van der Waals surface area (Å²) in [6.07, 6.45) is 3.36. The number of fused-ring (bicyclic) bond motifs is 1. The molecule has 0 N–H and O–H groups in total. The van der Waals surface area contributed by atoms with Crippen LogP contribution in [0.15, 0.2) is 75.5 Å². The molecule has 0 saturated heterocycles. The highest BCUT2D eigenvalue weighted by Gasteiger charge is 2.33. The number of thiazole rings is 1. The third kappa shape index (κ3) is 4.04. The zero-order valence-corrected chi connectivity index (χ0v) is 18.7. The Morgan fingerprint density at radius 2 is 2.06 bits per heavy atom. The summed E-state index contributed by atoms with van der Waals surface area (Å²) in [5.41, 5.74) is 1.44. The first-order chi connectivity index (χ1) is 15.0. The topological polar surface area (TPSA) is 69.9 Å². The van der Waals surface area contributed by atoms with Gasteiger partial charge in [-0.1, -0.05) is 42.2 Å². The van der Waals surface area contributed by atoms with Crippen molar-refractivity contribution in [2.75, 3.05) is 13.7 Å². The molecule has 1 aliphatic heterocycles. The summed E-state index contributed by atoms with van der Waals surface area (Å²) in [6, 6.07) is 10.5. The van der Waals surface area contributed by atoms with Crippen LogP contribution >= 0.6 is 22.7 Å². The normalized spacial score (nSPS) is 15.9. The molecule has 1 aromatic carbocycles. The fraction of sp³-hybridized carbons (Fsp3) is 0.174. The molecule has 1 aliphatic rings. The molecule has 2 aromatic heterocycles. The minimum absolute atomic E-state index is 0.0771. The van der Waals surface area contributed by atoms with Gasteiger partial charge in [-0.05, 0) is 42.1 Å². The molecule has 0 amide bonds. The van der Waals surface area contributed by atoms with E-state index in [4.69, 9.17) is 9.47 Å². The number of allylic oxidation sites excluding steroid dienone is 1. The predicted molar refractivity (Wildman–Crippen MR) is 122 cm³/mol. The minimum atomic E-state index is -0.648. The highest BCUT2D eigenvalue weighted by atomic mass is 32.1. The van der Waals surface area contributed by atoms with Crippen LogP contribution in [0, 0.1) is 0 Å². The van der Waals surface area contributed by atoms with E-state index in [1.807, 2.05) is 35.7 Å². The SMILES string of the molecule is C=CCOC(=O)C1=C(C)N=c2s/c(=C/c3cccs3)c(=O)n2C1c1ccc(OC)cc1. The monoisotopic (exact) mass is 452 g/mol. The first kappa shape index (κ1) is 21.0. The second kappa shape index (κ2) is 8.87. The van der Waals surface area contributed by atoms with Crippen molar-refractivity contribution in [3.05, 3.63) is 95.8 Å². The number of benzene rings is 1. The first-order valence-electron chi connectivity index (χ1n) is 9.51. The molecule has 1 atom stereocenters. The van der Waals surface area contributed by atoms with Crippen molar-refractivity contribution in [2.45, 2.75) is 13.0 Å². The van der Waals surface area contributed by atoms with Crippen LogP contribution in [0.1, 0.15) is 23.4 Å². The second-order valence-electron chi connectivity index (χ2n) is 6.76. The zero-order chi connectivity index (χ0) is 22.0. The largest absolute Gasteiger partial charge is 0.497 e. The Morgan fingerprint density at radius 1 is 1.29 bits per heavy atom. The van der Waals surface area contributed by atoms with Gasteiger partial charge in [-0.2, -0.15) is 0 Å². The van der Waals surface area contributed by atoms with Crippen LogP contribution in [-0.4, -0.2) is 24.3 Å². The number of nitrogens with zero attached hydrogens (tertiary/aromatic N) is 2. The Balaban J connectivity index is 1.93. The average molecular weight is 453 g/mol. The molecule has 0 radical (unpaired) electrons. The summed E-state index contributed by atoms with van der Waals surface area (Å²) in [7, 11) is 1.59. The molecule has 0 spiro atoms. The number of ether oxygens (including phenoxy) is 2. The molecule has 8 heteroatoms. The van der Waals surface area contributed by atoms with Gasteiger partial charge in [0.15, 0.2) is 4.80 Å². The number of esters is 1. The van der Waals surface area contributed by atoms with E-state index in [1.165, 1.54) is 17.4 Å². The summed E-state index contributed by atoms with van der Waals surface area (Å²) in [6.45, 7) is 5.43. The summed E-state index contributed by atoms with van der Waals surface area (Å²) in [5, 5.41) is 1.96. The van der Waals surface area contributed by atoms with Gasteiger partial charge in [0.2, 0.25) is 0 Å². The summed E-state index contributed by atoms with van der Waals surface area (Å²) < 4.78 is 12.7. The molecule has 0 fully saturated rings. The van der Waals surface area contributed by atoms with E-state index < -0.39 is 12.0 Å². The molecule has 3 aromatic rings. The van der Waals surface area contributed by atoms with Gasteiger partial charge < -0.3 is 9.47 Å². The molecular formula is C23H20N2O4S2. The summed E-state index contributed by atoms with van der Waals surface area (Å²) in [4.78, 5) is 32.4. The molecule has 0 aliphatic carbocycles. The lowest BCUT2D eigenvalue weighted by molar-refractivity contribution is -0.138. The third-order valence-electron chi connectivity index (χ3n) is 4.82. The molecular weight excluding hydrogens is 432 g/mol. The molecule has 0 bridgehead atoms. The third-order valence-corrected chi connectivity index (χ3v) is 6.62. The number of carbonyl (C=O) groups excluding carboxylic acids is 1. The van der Waals surface area contributed by atoms with E-state index in [0.717, 1.165) is 10.4 Å². The quantitative estimate of drug-likeness (QED) is 0.426. The van der Waals surface area contributed by atoms with E-state index in [1.54, 1.807) is 42.1 Å². The van der Waals surface area contributed by atoms with Crippen molar-refractivity contribution in [3.63, 3.8) is 0 Å². The number of carbonyl (C=O) groups is 1. The molecule has 31 heavy (non-hydrogen) atoms. The Labute approximate surface area is 186 Å². The van der Waals surface area contributed by atoms with Crippen molar-refractivity contribution in [2.24, 2.45) is 4.99 Å². The molecule has 4 rings (SSSR count). The fourth-order valence-electron chi connectivity index (χ4n) is 3.40. The minimum Gasteiger partial charge on any atom is -0.497 e. The van der Waals surface area contributed by atoms with Crippen LogP contribution in [0.25, 0.3) is 6.08 Å². The Kier molecular flexibility index (Phi) is 6.01. The lowest BCUT2D eigenvalue weighted by Crippen LogP contribution is -2.39. The van der Waals surface area contributed by atoms with Crippen molar-refractivity contribution in [1.82, 2.24) is 4.57 Å². The van der Waals surface area contributed by atoms with Gasteiger partial charge in [-0.15, -0.1) is 11.3 Å². The van der Waals surface area contributed by atoms with Crippen molar-refractivity contribution >= 4 is 34.7 Å². The van der Waals surface area contributed by atoms with Crippen LogP contribution < -0.4 is 19.6 Å². The average Bonchev–Trinajstić information content (AvgIpc) is 3.39. The maximum Gasteiger partial charge on any atom is 0.338 e. The first-order valence-corrected chi connectivity index (χ1v) is 11.2. The van der Waals surface area contributed by atoms with E-state index in [0.29, 0.717) is 26.4 Å². The number of thiophene rings is 1. The van der Waals surface area contributed by atoms with Gasteiger partial charge in [0.25, 0.3) is 5.56 Å². The smallest absolute Gasteiger partial charge is 0.338 e. The van der Waals surface area contributed by atoms with E-state index in [-0.39, 0.29) is 12.2 Å². The molecule has 0 saturated carbocycles. The molecule has 3 heterocycles. The van der Waals surface area contributed by atoms with Gasteiger partial charge in [0.05, 0.1) is 29.0 Å². The van der Waals surface area contributed by atoms with Gasteiger partial charge in [0.1, 0.15) is 12.4 Å². The number of rotatable bonds is 6. The Hall–Kier alpha value is -3.23. The van der Waals surface area contributed by atoms with Gasteiger partial charge >= 0.3 is 5.97 Å². The van der Waals surface area contributed by atoms with E-state index >= 15 is 0 Å². The molecule has 6 nitrogen and oxygen atoms in total. The highest BCUT2D eigenvalue weighted by Crippen LogP contribution is 2.31. The van der Waals surface area contributed by atoms with Crippen LogP contribution in [0.5, 0.6) is 5.75 Å². The summed E-state index contributed by atoms with van der Waals surface area (Å²) in [5.74, 6) is 0.167. The van der Waals surface area contributed by atoms with Crippen molar-refractivity contribution in [3.8, 4) is 5.75 Å². The number of hydrogen-bond acceptors (Lipinski definition) is 7. The fourth-order valence-corrected chi connectivity index (χ4v) is 5.17. The van der Waals surface area contributed by atoms with Gasteiger partial charge in [-0.3, -0.25) is 9.36 Å². The molecule has 1 unspecified atom stereocenters. The standard InChI is InChI=1S/C23H20N2O4S2/c1-4-11-29-22(27)19-14(2)24-23-25(20(19)15-7-9-16(28-3)10-8-15)21(26)18(31-23)13-17-6-5-12-30-17/h4-10,12-13,20H,1,11H2,2-3H3/b18-13+. The van der Waals surface area contributed by atoms with Crippen LogP contribution in [0.2, 0.25) is 0 Å². The van der Waals surface area contributed by atoms with E-state index in [2.05, 4.69) is 11.6 Å². The summed E-state index contributed by atoms with van der Waals surface area (Å²) >= 11 is 2.86. The lowest BCUT2D eigenvalue weighted by atomic mass is 9.96. The number of aromatic nitrogens is 1.